The zero-order valence-electron chi connectivity index (χ0n) is 16.3. The smallest absolute Gasteiger partial charge is 0.371 e. The third-order valence-corrected chi connectivity index (χ3v) is 6.16. The Morgan fingerprint density at radius 1 is 0.897 bits per heavy atom. The summed E-state index contributed by atoms with van der Waals surface area (Å²) in [6.45, 7) is 0. The molecule has 2 saturated carbocycles. The first-order valence-corrected chi connectivity index (χ1v) is 10.4. The molecule has 7 nitrogen and oxygen atoms in total. The van der Waals surface area contributed by atoms with Gasteiger partial charge in [-0.15, -0.1) is 0 Å². The van der Waals surface area contributed by atoms with E-state index in [0.717, 1.165) is 51.4 Å². The van der Waals surface area contributed by atoms with Gasteiger partial charge in [0, 0.05) is 29.0 Å². The fraction of sp³-hybridized carbons (Fsp3) is 0.500. The van der Waals surface area contributed by atoms with Crippen LogP contribution >= 0.6 is 0 Å². The summed E-state index contributed by atoms with van der Waals surface area (Å²) >= 11 is 0. The first-order chi connectivity index (χ1) is 14.0. The van der Waals surface area contributed by atoms with Crippen molar-refractivity contribution in [1.82, 2.24) is 5.32 Å². The molecule has 29 heavy (non-hydrogen) atoms. The fourth-order valence-electron chi connectivity index (χ4n) is 4.48. The van der Waals surface area contributed by atoms with E-state index in [0.29, 0.717) is 16.7 Å². The van der Waals surface area contributed by atoms with Crippen LogP contribution in [0.1, 0.15) is 61.9 Å². The van der Waals surface area contributed by atoms with Crippen LogP contribution in [0, 0.1) is 11.8 Å². The van der Waals surface area contributed by atoms with Crippen LogP contribution in [0.25, 0.3) is 11.0 Å². The Kier molecular flexibility index (Phi) is 5.56. The summed E-state index contributed by atoms with van der Waals surface area (Å²) in [6.07, 6.45) is 7.42. The number of rotatable bonds is 5. The summed E-state index contributed by atoms with van der Waals surface area (Å²) in [4.78, 5) is 35.9. The maximum absolute atomic E-state index is 12.6. The van der Waals surface area contributed by atoms with Gasteiger partial charge in [-0.25, -0.2) is 4.79 Å². The van der Waals surface area contributed by atoms with E-state index >= 15 is 0 Å². The molecule has 0 aliphatic heterocycles. The maximum Gasteiger partial charge on any atom is 0.371 e. The fourth-order valence-corrected chi connectivity index (χ4v) is 4.48. The molecule has 2 amide bonds. The molecule has 2 fully saturated rings. The van der Waals surface area contributed by atoms with Crippen LogP contribution in [0.5, 0.6) is 0 Å². The number of hydrogen-bond acceptors (Lipinski definition) is 4. The normalized spacial score (nSPS) is 22.5. The van der Waals surface area contributed by atoms with Crippen molar-refractivity contribution in [2.75, 3.05) is 5.32 Å². The number of carbonyl (C=O) groups is 3. The van der Waals surface area contributed by atoms with Gasteiger partial charge >= 0.3 is 5.97 Å². The second-order valence-electron chi connectivity index (χ2n) is 8.20. The number of benzene rings is 1. The van der Waals surface area contributed by atoms with Crippen LogP contribution in [-0.2, 0) is 9.59 Å². The number of aromatic carboxylic acids is 1. The SMILES string of the molecule is O=C(O)c1cc2cc(NC(=O)C3CCC(NC(=O)C4CCCC4)CC3)ccc2o1. The van der Waals surface area contributed by atoms with Crippen molar-refractivity contribution < 1.29 is 23.9 Å². The summed E-state index contributed by atoms with van der Waals surface area (Å²) < 4.78 is 5.24. The molecular weight excluding hydrogens is 372 g/mol. The van der Waals surface area contributed by atoms with E-state index in [1.165, 1.54) is 6.07 Å². The first-order valence-electron chi connectivity index (χ1n) is 10.4. The van der Waals surface area contributed by atoms with E-state index in [2.05, 4.69) is 10.6 Å². The van der Waals surface area contributed by atoms with Crippen molar-refractivity contribution >= 4 is 34.4 Å². The van der Waals surface area contributed by atoms with Crippen LogP contribution < -0.4 is 10.6 Å². The number of fused-ring (bicyclic) bond motifs is 1. The highest BCUT2D eigenvalue weighted by atomic mass is 16.4. The van der Waals surface area contributed by atoms with Gasteiger partial charge in [-0.1, -0.05) is 12.8 Å². The van der Waals surface area contributed by atoms with Gasteiger partial charge in [-0.05, 0) is 62.8 Å². The lowest BCUT2D eigenvalue weighted by Gasteiger charge is -2.29. The molecule has 1 heterocycles. The molecule has 0 saturated heterocycles. The minimum absolute atomic E-state index is 0.0353. The highest BCUT2D eigenvalue weighted by Crippen LogP contribution is 2.29. The number of furan rings is 1. The summed E-state index contributed by atoms with van der Waals surface area (Å²) in [5.74, 6) is -0.999. The molecule has 2 aromatic rings. The Balaban J connectivity index is 1.30. The number of hydrogen-bond donors (Lipinski definition) is 3. The summed E-state index contributed by atoms with van der Waals surface area (Å²) in [5.41, 5.74) is 1.09. The van der Waals surface area contributed by atoms with Crippen LogP contribution in [-0.4, -0.2) is 28.9 Å². The van der Waals surface area contributed by atoms with Crippen molar-refractivity contribution in [1.29, 1.82) is 0 Å². The number of nitrogens with one attached hydrogen (secondary N) is 2. The van der Waals surface area contributed by atoms with E-state index in [-0.39, 0.29) is 35.5 Å². The van der Waals surface area contributed by atoms with Crippen molar-refractivity contribution in [2.45, 2.75) is 57.4 Å². The average molecular weight is 398 g/mol. The molecule has 0 bridgehead atoms. The van der Waals surface area contributed by atoms with Crippen molar-refractivity contribution in [3.63, 3.8) is 0 Å². The number of carboxylic acid groups (broad SMARTS) is 1. The molecule has 2 aliphatic carbocycles. The van der Waals surface area contributed by atoms with Gasteiger partial charge in [0.25, 0.3) is 0 Å². The number of carbonyl (C=O) groups excluding carboxylic acids is 2. The highest BCUT2D eigenvalue weighted by Gasteiger charge is 2.29. The Labute approximate surface area is 168 Å². The van der Waals surface area contributed by atoms with E-state index in [4.69, 9.17) is 9.52 Å². The topological polar surface area (TPSA) is 109 Å². The monoisotopic (exact) mass is 398 g/mol. The zero-order chi connectivity index (χ0) is 20.4. The van der Waals surface area contributed by atoms with Gasteiger partial charge in [0.2, 0.25) is 17.6 Å². The summed E-state index contributed by atoms with van der Waals surface area (Å²) in [5, 5.41) is 15.8. The molecule has 0 spiro atoms. The van der Waals surface area contributed by atoms with Gasteiger partial charge in [-0.3, -0.25) is 9.59 Å². The third kappa shape index (κ3) is 4.44. The van der Waals surface area contributed by atoms with Gasteiger partial charge < -0.3 is 20.2 Å². The minimum atomic E-state index is -1.12. The molecule has 1 aromatic carbocycles. The summed E-state index contributed by atoms with van der Waals surface area (Å²) in [6, 6.07) is 6.71. The molecule has 0 atom stereocenters. The molecule has 0 radical (unpaired) electrons. The maximum atomic E-state index is 12.6. The van der Waals surface area contributed by atoms with Gasteiger partial charge in [-0.2, -0.15) is 0 Å². The molecule has 2 aliphatic rings. The van der Waals surface area contributed by atoms with Gasteiger partial charge in [0.15, 0.2) is 0 Å². The Hall–Kier alpha value is -2.83. The van der Waals surface area contributed by atoms with Crippen LogP contribution in [0.4, 0.5) is 5.69 Å². The standard InChI is InChI=1S/C22H26N2O5/c25-20(13-3-1-2-4-13)23-16-7-5-14(6-8-16)21(26)24-17-9-10-18-15(11-17)12-19(29-18)22(27)28/h9-14,16H,1-8H2,(H,23,25)(H,24,26)(H,27,28). The highest BCUT2D eigenvalue weighted by molar-refractivity contribution is 5.96. The molecular formula is C22H26N2O5. The molecule has 3 N–H and O–H groups in total. The zero-order valence-corrected chi connectivity index (χ0v) is 16.3. The predicted octanol–water partition coefficient (Wildman–Crippen LogP) is 3.93. The number of amides is 2. The van der Waals surface area contributed by atoms with E-state index in [1.54, 1.807) is 18.2 Å². The Bertz CT molecular complexity index is 920. The molecule has 4 rings (SSSR count). The first kappa shape index (κ1) is 19.5. The minimum Gasteiger partial charge on any atom is -0.475 e. The Morgan fingerprint density at radius 3 is 2.28 bits per heavy atom. The van der Waals surface area contributed by atoms with Gasteiger partial charge in [0.1, 0.15) is 5.58 Å². The largest absolute Gasteiger partial charge is 0.475 e. The van der Waals surface area contributed by atoms with Gasteiger partial charge in [0.05, 0.1) is 0 Å². The average Bonchev–Trinajstić information content (AvgIpc) is 3.38. The Morgan fingerprint density at radius 2 is 1.59 bits per heavy atom. The van der Waals surface area contributed by atoms with Crippen LogP contribution in [0.3, 0.4) is 0 Å². The van der Waals surface area contributed by atoms with E-state index in [9.17, 15) is 14.4 Å². The lowest BCUT2D eigenvalue weighted by atomic mass is 9.85. The van der Waals surface area contributed by atoms with Crippen molar-refractivity contribution in [2.24, 2.45) is 11.8 Å². The molecule has 1 aromatic heterocycles. The third-order valence-electron chi connectivity index (χ3n) is 6.16. The lowest BCUT2D eigenvalue weighted by molar-refractivity contribution is -0.125. The predicted molar refractivity (Wildman–Crippen MR) is 108 cm³/mol. The van der Waals surface area contributed by atoms with E-state index < -0.39 is 5.97 Å². The lowest BCUT2D eigenvalue weighted by Crippen LogP contribution is -2.41. The number of anilines is 1. The van der Waals surface area contributed by atoms with Crippen molar-refractivity contribution in [3.8, 4) is 0 Å². The molecule has 154 valence electrons. The number of carboxylic acids is 1. The second kappa shape index (κ2) is 8.27. The summed E-state index contributed by atoms with van der Waals surface area (Å²) in [7, 11) is 0. The van der Waals surface area contributed by atoms with Crippen LogP contribution in [0.2, 0.25) is 0 Å². The van der Waals surface area contributed by atoms with E-state index in [1.807, 2.05) is 0 Å². The molecule has 0 unspecified atom stereocenters. The van der Waals surface area contributed by atoms with Crippen molar-refractivity contribution in [3.05, 3.63) is 30.0 Å². The second-order valence-corrected chi connectivity index (χ2v) is 8.20. The van der Waals surface area contributed by atoms with Crippen LogP contribution in [0.15, 0.2) is 28.7 Å². The molecule has 7 heteroatoms. The quantitative estimate of drug-likeness (QED) is 0.707.